The van der Waals surface area contributed by atoms with Gasteiger partial charge >= 0.3 is 29.6 Å². The zero-order chi connectivity index (χ0) is 22.2. The van der Waals surface area contributed by atoms with Crippen molar-refractivity contribution in [1.82, 2.24) is 15.2 Å². The van der Waals surface area contributed by atoms with Crippen LogP contribution < -0.4 is 45.7 Å². The molecule has 1 aromatic rings. The van der Waals surface area contributed by atoms with Gasteiger partial charge in [-0.25, -0.2) is 4.98 Å². The zero-order valence-corrected chi connectivity index (χ0v) is 21.8. The number of hydrogen-bond donors (Lipinski definition) is 2. The molecular weight excluding hydrogens is 500 g/mol. The molecule has 3 N–H and O–H groups in total. The van der Waals surface area contributed by atoms with Crippen molar-refractivity contribution in [3.8, 4) is 0 Å². The third-order valence-electron chi connectivity index (χ3n) is 4.40. The number of halogens is 2. The molecule has 31 heavy (non-hydrogen) atoms. The fourth-order valence-corrected chi connectivity index (χ4v) is 5.43. The van der Waals surface area contributed by atoms with Gasteiger partial charge < -0.3 is 30.7 Å². The number of aliphatic carboxylic acids is 1. The number of carboxylic acid groups (broad SMARTS) is 1. The number of hydrogen-bond acceptors (Lipinski definition) is 10. The molecule has 3 heterocycles. The van der Waals surface area contributed by atoms with E-state index in [9.17, 15) is 19.5 Å². The second-order valence-electron chi connectivity index (χ2n) is 6.83. The number of anilines is 1. The molecule has 0 spiro atoms. The molecule has 2 amide bonds. The van der Waals surface area contributed by atoms with Crippen molar-refractivity contribution < 1.29 is 53.9 Å². The van der Waals surface area contributed by atoms with Crippen LogP contribution in [-0.4, -0.2) is 62.2 Å². The summed E-state index contributed by atoms with van der Waals surface area (Å²) in [6.07, 6.45) is 1.32. The summed E-state index contributed by atoms with van der Waals surface area (Å²) in [6.45, 7) is 3.31. The number of carbonyl (C=O) groups is 3. The SMILES string of the molecule is CC1(C)S[C@@H]2[C@@H](NC(=O)/C(=N\OCC=C(Cl)Cl)c3csc(N)n3)C(=O)N2[C@H]1C(=O)[O-].[Na+]. The maximum absolute atomic E-state index is 12.8. The molecule has 3 rings (SSSR count). The maximum atomic E-state index is 12.8. The Hall–Kier alpha value is -1.02. The van der Waals surface area contributed by atoms with Crippen LogP contribution in [0.4, 0.5) is 5.13 Å². The molecule has 15 heteroatoms. The third kappa shape index (κ3) is 5.49. The first-order valence-corrected chi connectivity index (χ1v) is 11.0. The summed E-state index contributed by atoms with van der Waals surface area (Å²) in [5.41, 5.74) is 5.58. The number of rotatable bonds is 7. The van der Waals surface area contributed by atoms with Gasteiger partial charge in [0.05, 0.1) is 12.0 Å². The van der Waals surface area contributed by atoms with Crippen LogP contribution >= 0.6 is 46.3 Å². The molecule has 162 valence electrons. The van der Waals surface area contributed by atoms with Crippen LogP contribution in [0.15, 0.2) is 21.1 Å². The Kier molecular flexibility index (Phi) is 8.70. The first-order valence-electron chi connectivity index (χ1n) is 8.47. The van der Waals surface area contributed by atoms with Crippen LogP contribution in [0.3, 0.4) is 0 Å². The van der Waals surface area contributed by atoms with Crippen molar-refractivity contribution in [2.45, 2.75) is 36.1 Å². The number of aromatic nitrogens is 1. The molecule has 10 nitrogen and oxygen atoms in total. The van der Waals surface area contributed by atoms with Gasteiger partial charge in [-0.1, -0.05) is 28.4 Å². The molecule has 0 saturated carbocycles. The average molecular weight is 516 g/mol. The van der Waals surface area contributed by atoms with Crippen LogP contribution in [0.5, 0.6) is 0 Å². The van der Waals surface area contributed by atoms with E-state index in [1.54, 1.807) is 13.8 Å². The van der Waals surface area contributed by atoms with Crippen molar-refractivity contribution in [3.63, 3.8) is 0 Å². The molecule has 2 saturated heterocycles. The summed E-state index contributed by atoms with van der Waals surface area (Å²) in [6, 6.07) is -2.01. The Balaban J connectivity index is 0.00000341. The summed E-state index contributed by atoms with van der Waals surface area (Å²) in [5.74, 6) is -2.59. The summed E-state index contributed by atoms with van der Waals surface area (Å²) >= 11 is 13.4. The minimum absolute atomic E-state index is 0. The van der Waals surface area contributed by atoms with Crippen molar-refractivity contribution >= 4 is 74.9 Å². The van der Waals surface area contributed by atoms with E-state index in [2.05, 4.69) is 15.5 Å². The van der Waals surface area contributed by atoms with Crippen LogP contribution in [0.1, 0.15) is 19.5 Å². The Morgan fingerprint density at radius 2 is 2.16 bits per heavy atom. The van der Waals surface area contributed by atoms with Gasteiger partial charge in [0.15, 0.2) is 10.8 Å². The van der Waals surface area contributed by atoms with Crippen molar-refractivity contribution in [2.75, 3.05) is 12.3 Å². The van der Waals surface area contributed by atoms with Gasteiger partial charge in [-0.2, -0.15) is 0 Å². The smallest absolute Gasteiger partial charge is 0.548 e. The number of nitrogen functional groups attached to an aromatic ring is 1. The molecule has 2 fully saturated rings. The predicted molar refractivity (Wildman–Crippen MR) is 112 cm³/mol. The molecule has 1 aromatic heterocycles. The van der Waals surface area contributed by atoms with Crippen molar-refractivity contribution in [1.29, 1.82) is 0 Å². The fourth-order valence-electron chi connectivity index (χ4n) is 3.14. The van der Waals surface area contributed by atoms with Crippen LogP contribution in [-0.2, 0) is 19.2 Å². The van der Waals surface area contributed by atoms with E-state index in [0.717, 1.165) is 11.3 Å². The minimum Gasteiger partial charge on any atom is -0.548 e. The maximum Gasteiger partial charge on any atom is 1.00 e. The van der Waals surface area contributed by atoms with Crippen LogP contribution in [0, 0.1) is 0 Å². The molecule has 0 aliphatic carbocycles. The summed E-state index contributed by atoms with van der Waals surface area (Å²) in [5, 5.41) is 19.0. The van der Waals surface area contributed by atoms with E-state index in [1.165, 1.54) is 28.1 Å². The Morgan fingerprint density at radius 1 is 1.48 bits per heavy atom. The number of β-lactam (4-membered cyclic amide) rings is 1. The van der Waals surface area contributed by atoms with E-state index < -0.39 is 40.0 Å². The topological polar surface area (TPSA) is 150 Å². The Morgan fingerprint density at radius 3 is 2.71 bits per heavy atom. The normalized spacial score (nSPS) is 23.9. The monoisotopic (exact) mass is 515 g/mol. The van der Waals surface area contributed by atoms with Gasteiger partial charge in [-0.05, 0) is 19.9 Å². The number of thioether (sulfide) groups is 1. The van der Waals surface area contributed by atoms with Gasteiger partial charge in [-0.3, -0.25) is 9.59 Å². The minimum atomic E-state index is -1.34. The largest absolute Gasteiger partial charge is 1.00 e. The molecule has 2 aliphatic heterocycles. The molecule has 0 bridgehead atoms. The molecule has 2 aliphatic rings. The first kappa shape index (κ1) is 26.2. The van der Waals surface area contributed by atoms with E-state index in [-0.39, 0.29) is 57.2 Å². The van der Waals surface area contributed by atoms with Gasteiger partial charge in [0.2, 0.25) is 5.91 Å². The summed E-state index contributed by atoms with van der Waals surface area (Å²) < 4.78 is -0.799. The van der Waals surface area contributed by atoms with E-state index in [4.69, 9.17) is 33.8 Å². The number of carbonyl (C=O) groups excluding carboxylic acids is 3. The van der Waals surface area contributed by atoms with E-state index in [1.807, 2.05) is 0 Å². The molecular formula is C16H16Cl2N5NaO5S2. The number of fused-ring (bicyclic) bond motifs is 1. The number of carboxylic acids is 1. The quantitative estimate of drug-likeness (QED) is 0.129. The van der Waals surface area contributed by atoms with Gasteiger partial charge in [0, 0.05) is 10.1 Å². The summed E-state index contributed by atoms with van der Waals surface area (Å²) in [4.78, 5) is 47.1. The predicted octanol–water partition coefficient (Wildman–Crippen LogP) is -2.93. The number of thiazole rings is 1. The second kappa shape index (κ2) is 10.3. The van der Waals surface area contributed by atoms with Crippen molar-refractivity contribution in [3.05, 3.63) is 21.6 Å². The average Bonchev–Trinajstić information content (AvgIpc) is 3.17. The number of amides is 2. The van der Waals surface area contributed by atoms with E-state index in [0.29, 0.717) is 0 Å². The molecule has 0 aromatic carbocycles. The fraction of sp³-hybridized carbons (Fsp3) is 0.438. The molecule has 3 atom stereocenters. The number of oxime groups is 1. The number of nitrogens with two attached hydrogens (primary N) is 1. The number of nitrogens with one attached hydrogen (secondary N) is 1. The van der Waals surface area contributed by atoms with Gasteiger partial charge in [-0.15, -0.1) is 23.1 Å². The van der Waals surface area contributed by atoms with E-state index >= 15 is 0 Å². The Labute approximate surface area is 217 Å². The first-order chi connectivity index (χ1) is 14.0. The van der Waals surface area contributed by atoms with Crippen molar-refractivity contribution in [2.24, 2.45) is 5.16 Å². The van der Waals surface area contributed by atoms with Gasteiger partial charge in [0.1, 0.15) is 28.2 Å². The van der Waals surface area contributed by atoms with Crippen LogP contribution in [0.2, 0.25) is 0 Å². The van der Waals surface area contributed by atoms with Crippen LogP contribution in [0.25, 0.3) is 0 Å². The molecule has 0 unspecified atom stereocenters. The molecule has 0 radical (unpaired) electrons. The standard InChI is InChI=1S/C16H17Cl2N5O5S2.Na/c1-16(2)10(14(26)27)23-12(25)9(13(23)30-16)21-11(24)8(6-5-29-15(19)20-6)22-28-4-3-7(17)18;/h3,5,9-10,13H,4H2,1-2H3,(H2,19,20)(H,21,24)(H,26,27);/q;+1/p-1/b22-8-;/t9-,10-,13+;/m0./s1. The Bertz CT molecular complexity index is 953. The second-order valence-corrected chi connectivity index (χ2v) is 10.5. The zero-order valence-electron chi connectivity index (χ0n) is 16.6. The number of nitrogens with zero attached hydrogens (tertiary/aromatic N) is 3. The van der Waals surface area contributed by atoms with Gasteiger partial charge in [0.25, 0.3) is 5.91 Å². The third-order valence-corrected chi connectivity index (χ3v) is 6.95. The summed E-state index contributed by atoms with van der Waals surface area (Å²) in [7, 11) is 0.